The zero-order valence-electron chi connectivity index (χ0n) is 11.5. The molecule has 6 heteroatoms. The van der Waals surface area contributed by atoms with E-state index < -0.39 is 11.0 Å². The van der Waals surface area contributed by atoms with Crippen LogP contribution in [0.5, 0.6) is 11.5 Å². The Balaban J connectivity index is 2.43. The number of nitro groups is 1. The first-order valence-corrected chi connectivity index (χ1v) is 7.08. The van der Waals surface area contributed by atoms with Gasteiger partial charge in [-0.05, 0) is 43.7 Å². The lowest BCUT2D eigenvalue weighted by atomic mass is 10.1. The van der Waals surface area contributed by atoms with Gasteiger partial charge in [-0.1, -0.05) is 15.9 Å². The highest BCUT2D eigenvalue weighted by Gasteiger charge is 2.14. The van der Waals surface area contributed by atoms with Crippen LogP contribution >= 0.6 is 15.9 Å². The number of aryl methyl sites for hydroxylation is 1. The van der Waals surface area contributed by atoms with E-state index in [0.717, 1.165) is 10.0 Å². The molecule has 0 saturated heterocycles. The summed E-state index contributed by atoms with van der Waals surface area (Å²) in [6.07, 6.45) is -0.712. The van der Waals surface area contributed by atoms with Gasteiger partial charge in [0, 0.05) is 16.1 Å². The predicted octanol–water partition coefficient (Wildman–Crippen LogP) is 4.51. The second-order valence-corrected chi connectivity index (χ2v) is 5.58. The van der Waals surface area contributed by atoms with Crippen LogP contribution in [0.2, 0.25) is 0 Å². The van der Waals surface area contributed by atoms with E-state index in [2.05, 4.69) is 15.9 Å². The first-order valence-electron chi connectivity index (χ1n) is 6.29. The van der Waals surface area contributed by atoms with E-state index in [1.165, 1.54) is 12.1 Å². The molecular formula is C15H14BrNO4. The molecule has 0 saturated carbocycles. The van der Waals surface area contributed by atoms with Gasteiger partial charge < -0.3 is 9.84 Å². The SMILES string of the molecule is Cc1ccc([N+](=O)[O-])cc1Oc1ccc(Br)cc1C(C)O. The van der Waals surface area contributed by atoms with Crippen molar-refractivity contribution in [2.45, 2.75) is 20.0 Å². The summed E-state index contributed by atoms with van der Waals surface area (Å²) in [6.45, 7) is 3.44. The van der Waals surface area contributed by atoms with Crippen molar-refractivity contribution < 1.29 is 14.8 Å². The molecule has 2 rings (SSSR count). The van der Waals surface area contributed by atoms with Crippen LogP contribution in [0.1, 0.15) is 24.2 Å². The topological polar surface area (TPSA) is 72.6 Å². The number of nitro benzene ring substituents is 1. The van der Waals surface area contributed by atoms with Gasteiger partial charge in [-0.2, -0.15) is 0 Å². The Morgan fingerprint density at radius 2 is 1.95 bits per heavy atom. The molecule has 0 fully saturated rings. The van der Waals surface area contributed by atoms with Gasteiger partial charge in [-0.25, -0.2) is 0 Å². The Labute approximate surface area is 130 Å². The van der Waals surface area contributed by atoms with Crippen LogP contribution in [0.15, 0.2) is 40.9 Å². The van der Waals surface area contributed by atoms with E-state index in [1.54, 1.807) is 38.1 Å². The highest BCUT2D eigenvalue weighted by Crippen LogP contribution is 2.34. The summed E-state index contributed by atoms with van der Waals surface area (Å²) in [5.74, 6) is 0.866. The molecule has 0 bridgehead atoms. The van der Waals surface area contributed by atoms with Crippen molar-refractivity contribution in [3.8, 4) is 11.5 Å². The Morgan fingerprint density at radius 3 is 2.57 bits per heavy atom. The largest absolute Gasteiger partial charge is 0.456 e. The number of aliphatic hydroxyl groups excluding tert-OH is 1. The number of rotatable bonds is 4. The standard InChI is InChI=1S/C15H14BrNO4/c1-9-3-5-12(17(19)20)8-15(9)21-14-6-4-11(16)7-13(14)10(2)18/h3-8,10,18H,1-2H3. The van der Waals surface area contributed by atoms with Crippen molar-refractivity contribution in [2.75, 3.05) is 0 Å². The molecule has 0 amide bonds. The lowest BCUT2D eigenvalue weighted by Crippen LogP contribution is -1.98. The molecule has 0 heterocycles. The van der Waals surface area contributed by atoms with Crippen LogP contribution in [0.4, 0.5) is 5.69 Å². The van der Waals surface area contributed by atoms with Crippen molar-refractivity contribution in [3.63, 3.8) is 0 Å². The van der Waals surface area contributed by atoms with Gasteiger partial charge >= 0.3 is 0 Å². The Morgan fingerprint density at radius 1 is 1.24 bits per heavy atom. The van der Waals surface area contributed by atoms with Gasteiger partial charge in [-0.15, -0.1) is 0 Å². The van der Waals surface area contributed by atoms with Crippen LogP contribution in [0.25, 0.3) is 0 Å². The predicted molar refractivity (Wildman–Crippen MR) is 82.7 cm³/mol. The van der Waals surface area contributed by atoms with Crippen LogP contribution < -0.4 is 4.74 Å². The third-order valence-electron chi connectivity index (χ3n) is 3.02. The van der Waals surface area contributed by atoms with Gasteiger partial charge in [0.25, 0.3) is 5.69 Å². The highest BCUT2D eigenvalue weighted by atomic mass is 79.9. The second-order valence-electron chi connectivity index (χ2n) is 4.67. The minimum Gasteiger partial charge on any atom is -0.456 e. The summed E-state index contributed by atoms with van der Waals surface area (Å²) in [7, 11) is 0. The Hall–Kier alpha value is -1.92. The fourth-order valence-corrected chi connectivity index (χ4v) is 2.25. The van der Waals surface area contributed by atoms with Crippen molar-refractivity contribution in [1.82, 2.24) is 0 Å². The molecule has 110 valence electrons. The number of halogens is 1. The molecule has 1 atom stereocenters. The number of benzene rings is 2. The van der Waals surface area contributed by atoms with Gasteiger partial charge in [0.05, 0.1) is 17.1 Å². The van der Waals surface area contributed by atoms with E-state index in [0.29, 0.717) is 17.1 Å². The monoisotopic (exact) mass is 351 g/mol. The molecule has 0 aliphatic rings. The van der Waals surface area contributed by atoms with Crippen LogP contribution in [-0.4, -0.2) is 10.0 Å². The van der Waals surface area contributed by atoms with E-state index in [4.69, 9.17) is 4.74 Å². The number of aliphatic hydroxyl groups is 1. The van der Waals surface area contributed by atoms with Crippen LogP contribution in [0.3, 0.4) is 0 Å². The summed E-state index contributed by atoms with van der Waals surface area (Å²) in [6, 6.07) is 9.70. The molecule has 0 spiro atoms. The molecule has 0 radical (unpaired) electrons. The number of ether oxygens (including phenoxy) is 1. The van der Waals surface area contributed by atoms with E-state index in [1.807, 2.05) is 0 Å². The fraction of sp³-hybridized carbons (Fsp3) is 0.200. The first-order chi connectivity index (χ1) is 9.88. The Kier molecular flexibility index (Phi) is 4.59. The fourth-order valence-electron chi connectivity index (χ4n) is 1.87. The average molecular weight is 352 g/mol. The first kappa shape index (κ1) is 15.5. The minimum atomic E-state index is -0.712. The number of hydrogen-bond acceptors (Lipinski definition) is 4. The number of nitrogens with zero attached hydrogens (tertiary/aromatic N) is 1. The summed E-state index contributed by atoms with van der Waals surface area (Å²) in [4.78, 5) is 10.4. The van der Waals surface area contributed by atoms with Crippen LogP contribution in [-0.2, 0) is 0 Å². The molecule has 1 unspecified atom stereocenters. The Bertz CT molecular complexity index is 685. The van der Waals surface area contributed by atoms with E-state index in [-0.39, 0.29) is 5.69 Å². The molecule has 2 aromatic carbocycles. The zero-order valence-corrected chi connectivity index (χ0v) is 13.1. The average Bonchev–Trinajstić information content (AvgIpc) is 2.42. The summed E-state index contributed by atoms with van der Waals surface area (Å²) >= 11 is 3.34. The van der Waals surface area contributed by atoms with E-state index >= 15 is 0 Å². The molecule has 0 aromatic heterocycles. The van der Waals surface area contributed by atoms with Crippen molar-refractivity contribution in [3.05, 3.63) is 62.1 Å². The van der Waals surface area contributed by atoms with Gasteiger partial charge in [0.2, 0.25) is 0 Å². The quantitative estimate of drug-likeness (QED) is 0.649. The van der Waals surface area contributed by atoms with Gasteiger partial charge in [-0.3, -0.25) is 10.1 Å². The lowest BCUT2D eigenvalue weighted by Gasteiger charge is -2.15. The normalized spacial score (nSPS) is 12.0. The maximum absolute atomic E-state index is 10.8. The number of non-ortho nitro benzene ring substituents is 1. The molecule has 5 nitrogen and oxygen atoms in total. The minimum absolute atomic E-state index is 0.0358. The van der Waals surface area contributed by atoms with Crippen molar-refractivity contribution in [2.24, 2.45) is 0 Å². The smallest absolute Gasteiger partial charge is 0.273 e. The zero-order chi connectivity index (χ0) is 15.6. The molecule has 0 aliphatic carbocycles. The summed E-state index contributed by atoms with van der Waals surface area (Å²) in [5, 5.41) is 20.7. The maximum Gasteiger partial charge on any atom is 0.273 e. The molecule has 1 N–H and O–H groups in total. The van der Waals surface area contributed by atoms with Crippen LogP contribution in [0, 0.1) is 17.0 Å². The van der Waals surface area contributed by atoms with Crippen molar-refractivity contribution in [1.29, 1.82) is 0 Å². The summed E-state index contributed by atoms with van der Waals surface area (Å²) in [5.41, 5.74) is 1.35. The van der Waals surface area contributed by atoms with Crippen molar-refractivity contribution >= 4 is 21.6 Å². The summed E-state index contributed by atoms with van der Waals surface area (Å²) < 4.78 is 6.58. The lowest BCUT2D eigenvalue weighted by molar-refractivity contribution is -0.384. The second kappa shape index (κ2) is 6.24. The third-order valence-corrected chi connectivity index (χ3v) is 3.52. The molecule has 21 heavy (non-hydrogen) atoms. The highest BCUT2D eigenvalue weighted by molar-refractivity contribution is 9.10. The third kappa shape index (κ3) is 3.59. The van der Waals surface area contributed by atoms with E-state index in [9.17, 15) is 15.2 Å². The van der Waals surface area contributed by atoms with Gasteiger partial charge in [0.1, 0.15) is 11.5 Å². The maximum atomic E-state index is 10.8. The number of hydrogen-bond donors (Lipinski definition) is 1. The molecule has 0 aliphatic heterocycles. The van der Waals surface area contributed by atoms with Gasteiger partial charge in [0.15, 0.2) is 0 Å². The molecular weight excluding hydrogens is 338 g/mol. The molecule has 2 aromatic rings.